The van der Waals surface area contributed by atoms with Gasteiger partial charge in [-0.15, -0.1) is 6.58 Å². The summed E-state index contributed by atoms with van der Waals surface area (Å²) < 4.78 is 0. The minimum absolute atomic E-state index is 0.108. The van der Waals surface area contributed by atoms with Crippen LogP contribution in [-0.2, 0) is 0 Å². The zero-order valence-electron chi connectivity index (χ0n) is 9.49. The van der Waals surface area contributed by atoms with Gasteiger partial charge in [0.05, 0.1) is 6.10 Å². The van der Waals surface area contributed by atoms with Crippen molar-refractivity contribution in [3.63, 3.8) is 0 Å². The molecule has 4 aliphatic carbocycles. The van der Waals surface area contributed by atoms with E-state index in [9.17, 15) is 5.11 Å². The van der Waals surface area contributed by atoms with Gasteiger partial charge in [0.15, 0.2) is 0 Å². The lowest BCUT2D eigenvalue weighted by Crippen LogP contribution is -2.51. The van der Waals surface area contributed by atoms with Crippen LogP contribution in [0.25, 0.3) is 0 Å². The van der Waals surface area contributed by atoms with E-state index in [1.807, 2.05) is 6.08 Å². The lowest BCUT2D eigenvalue weighted by atomic mass is 9.48. The van der Waals surface area contributed by atoms with Crippen molar-refractivity contribution < 1.29 is 5.11 Å². The number of aliphatic hydroxyl groups excluding tert-OH is 1. The zero-order valence-corrected chi connectivity index (χ0v) is 9.49. The van der Waals surface area contributed by atoms with Gasteiger partial charge in [0, 0.05) is 0 Å². The number of rotatable bonds is 3. The quantitative estimate of drug-likeness (QED) is 0.703. The second-order valence-corrected chi connectivity index (χ2v) is 6.32. The fraction of sp³-hybridized carbons (Fsp3) is 0.857. The molecule has 1 atom stereocenters. The van der Waals surface area contributed by atoms with Gasteiger partial charge in [-0.1, -0.05) is 6.08 Å². The van der Waals surface area contributed by atoms with Crippen LogP contribution in [0.1, 0.15) is 44.9 Å². The predicted octanol–water partition coefficient (Wildman–Crippen LogP) is 3.14. The summed E-state index contributed by atoms with van der Waals surface area (Å²) in [4.78, 5) is 0. The Hall–Kier alpha value is -0.300. The Morgan fingerprint density at radius 2 is 1.60 bits per heavy atom. The molecular formula is C14H22O. The van der Waals surface area contributed by atoms with E-state index in [-0.39, 0.29) is 6.10 Å². The van der Waals surface area contributed by atoms with Gasteiger partial charge < -0.3 is 5.11 Å². The molecule has 4 bridgehead atoms. The molecular weight excluding hydrogens is 184 g/mol. The number of hydrogen-bond donors (Lipinski definition) is 1. The van der Waals surface area contributed by atoms with Gasteiger partial charge in [0.2, 0.25) is 0 Å². The van der Waals surface area contributed by atoms with Crippen LogP contribution in [0.2, 0.25) is 0 Å². The highest BCUT2D eigenvalue weighted by Crippen LogP contribution is 2.61. The molecule has 4 aliphatic rings. The molecule has 4 saturated carbocycles. The summed E-state index contributed by atoms with van der Waals surface area (Å²) in [5.41, 5.74) is 0.295. The summed E-state index contributed by atoms with van der Waals surface area (Å²) in [6.45, 7) is 3.77. The molecule has 0 saturated heterocycles. The summed E-state index contributed by atoms with van der Waals surface area (Å²) >= 11 is 0. The molecule has 0 aromatic rings. The monoisotopic (exact) mass is 206 g/mol. The van der Waals surface area contributed by atoms with Crippen LogP contribution in [-0.4, -0.2) is 11.2 Å². The largest absolute Gasteiger partial charge is 0.392 e. The summed E-state index contributed by atoms with van der Waals surface area (Å²) in [6.07, 6.45) is 10.9. The topological polar surface area (TPSA) is 20.2 Å². The van der Waals surface area contributed by atoms with E-state index in [1.165, 1.54) is 38.5 Å². The van der Waals surface area contributed by atoms with Crippen molar-refractivity contribution in [1.82, 2.24) is 0 Å². The zero-order chi connectivity index (χ0) is 10.5. The predicted molar refractivity (Wildman–Crippen MR) is 61.4 cm³/mol. The average molecular weight is 206 g/mol. The van der Waals surface area contributed by atoms with Crippen molar-refractivity contribution in [2.75, 3.05) is 0 Å². The van der Waals surface area contributed by atoms with Gasteiger partial charge in [-0.25, -0.2) is 0 Å². The fourth-order valence-corrected chi connectivity index (χ4v) is 4.99. The molecule has 0 heterocycles. The average Bonchev–Trinajstić information content (AvgIpc) is 2.15. The maximum absolute atomic E-state index is 10.3. The molecule has 0 spiro atoms. The molecule has 15 heavy (non-hydrogen) atoms. The lowest BCUT2D eigenvalue weighted by molar-refractivity contribution is -0.118. The maximum Gasteiger partial charge on any atom is 0.0631 e. The van der Waals surface area contributed by atoms with Gasteiger partial charge in [0.25, 0.3) is 0 Å². The molecule has 1 nitrogen and oxygen atoms in total. The normalized spacial score (nSPS) is 49.3. The van der Waals surface area contributed by atoms with Crippen molar-refractivity contribution >= 4 is 0 Å². The van der Waals surface area contributed by atoms with E-state index in [2.05, 4.69) is 6.58 Å². The van der Waals surface area contributed by atoms with Crippen LogP contribution in [0.15, 0.2) is 12.7 Å². The Balaban J connectivity index is 1.83. The standard InChI is InChI=1S/C14H22O/c1-2-3-13(15)14-7-10-4-11(8-14)6-12(5-10)9-14/h2,10-13,15H,1,3-9H2. The minimum Gasteiger partial charge on any atom is -0.392 e. The van der Waals surface area contributed by atoms with Gasteiger partial charge in [-0.05, 0) is 68.1 Å². The molecule has 1 heteroatoms. The van der Waals surface area contributed by atoms with E-state index in [0.29, 0.717) is 5.41 Å². The SMILES string of the molecule is C=CCC(O)C12CC3CC(CC(C3)C1)C2. The summed E-state index contributed by atoms with van der Waals surface area (Å²) in [5.74, 6) is 2.82. The van der Waals surface area contributed by atoms with Crippen molar-refractivity contribution in [2.45, 2.75) is 51.0 Å². The van der Waals surface area contributed by atoms with E-state index in [1.54, 1.807) is 0 Å². The highest BCUT2D eigenvalue weighted by molar-refractivity contribution is 5.05. The Morgan fingerprint density at radius 1 is 1.13 bits per heavy atom. The molecule has 0 aliphatic heterocycles. The summed E-state index contributed by atoms with van der Waals surface area (Å²) in [6, 6.07) is 0. The van der Waals surface area contributed by atoms with Crippen LogP contribution in [0.5, 0.6) is 0 Å². The van der Waals surface area contributed by atoms with E-state index >= 15 is 0 Å². The number of hydrogen-bond acceptors (Lipinski definition) is 1. The van der Waals surface area contributed by atoms with Gasteiger partial charge in [-0.3, -0.25) is 0 Å². The van der Waals surface area contributed by atoms with Crippen molar-refractivity contribution in [1.29, 1.82) is 0 Å². The van der Waals surface area contributed by atoms with Crippen LogP contribution < -0.4 is 0 Å². The molecule has 1 N–H and O–H groups in total. The second-order valence-electron chi connectivity index (χ2n) is 6.32. The molecule has 0 aromatic heterocycles. The Bertz CT molecular complexity index is 233. The molecule has 4 fully saturated rings. The lowest BCUT2D eigenvalue weighted by Gasteiger charge is -2.58. The van der Waals surface area contributed by atoms with E-state index in [0.717, 1.165) is 24.2 Å². The Morgan fingerprint density at radius 3 is 2.00 bits per heavy atom. The molecule has 0 radical (unpaired) electrons. The number of aliphatic hydroxyl groups is 1. The van der Waals surface area contributed by atoms with Crippen molar-refractivity contribution in [2.24, 2.45) is 23.2 Å². The summed E-state index contributed by atoms with van der Waals surface area (Å²) in [7, 11) is 0. The third-order valence-electron chi connectivity index (χ3n) is 5.18. The van der Waals surface area contributed by atoms with Crippen molar-refractivity contribution in [3.05, 3.63) is 12.7 Å². The van der Waals surface area contributed by atoms with E-state index in [4.69, 9.17) is 0 Å². The molecule has 0 aromatic carbocycles. The first-order valence-electron chi connectivity index (χ1n) is 6.51. The Kier molecular flexibility index (Phi) is 2.21. The highest BCUT2D eigenvalue weighted by Gasteiger charge is 2.53. The third kappa shape index (κ3) is 1.47. The summed E-state index contributed by atoms with van der Waals surface area (Å²) in [5, 5.41) is 10.3. The van der Waals surface area contributed by atoms with Crippen molar-refractivity contribution in [3.8, 4) is 0 Å². The van der Waals surface area contributed by atoms with Crippen LogP contribution >= 0.6 is 0 Å². The van der Waals surface area contributed by atoms with Gasteiger partial charge in [0.1, 0.15) is 0 Å². The van der Waals surface area contributed by atoms with Crippen LogP contribution in [0, 0.1) is 23.2 Å². The third-order valence-corrected chi connectivity index (χ3v) is 5.18. The fourth-order valence-electron chi connectivity index (χ4n) is 4.99. The van der Waals surface area contributed by atoms with Gasteiger partial charge >= 0.3 is 0 Å². The first-order valence-corrected chi connectivity index (χ1v) is 6.51. The smallest absolute Gasteiger partial charge is 0.0631 e. The van der Waals surface area contributed by atoms with Crippen LogP contribution in [0.4, 0.5) is 0 Å². The maximum atomic E-state index is 10.3. The molecule has 84 valence electrons. The minimum atomic E-state index is -0.108. The first-order chi connectivity index (χ1) is 7.22. The van der Waals surface area contributed by atoms with E-state index < -0.39 is 0 Å². The second kappa shape index (κ2) is 3.35. The Labute approximate surface area is 92.6 Å². The van der Waals surface area contributed by atoms with Gasteiger partial charge in [-0.2, -0.15) is 0 Å². The van der Waals surface area contributed by atoms with Crippen LogP contribution in [0.3, 0.4) is 0 Å². The highest BCUT2D eigenvalue weighted by atomic mass is 16.3. The molecule has 4 rings (SSSR count). The molecule has 0 amide bonds. The molecule has 1 unspecified atom stereocenters. The first kappa shape index (κ1) is 9.89.